The maximum atomic E-state index is 5.20. The lowest BCUT2D eigenvalue weighted by Gasteiger charge is -2.14. The quantitative estimate of drug-likeness (QED) is 0.192. The highest BCUT2D eigenvalue weighted by Gasteiger charge is 2.29. The van der Waals surface area contributed by atoms with E-state index in [9.17, 15) is 0 Å². The molecule has 1 aromatic heterocycles. The van der Waals surface area contributed by atoms with E-state index in [0.29, 0.717) is 0 Å². The zero-order valence-electron chi connectivity index (χ0n) is 25.2. The molecule has 0 radical (unpaired) electrons. The zero-order valence-corrected chi connectivity index (χ0v) is 25.2. The van der Waals surface area contributed by atoms with Crippen LogP contribution in [-0.4, -0.2) is 10.3 Å². The summed E-state index contributed by atoms with van der Waals surface area (Å²) in [6, 6.07) is 49.6. The van der Waals surface area contributed by atoms with Crippen molar-refractivity contribution in [2.45, 2.75) is 19.3 Å². The van der Waals surface area contributed by atoms with Crippen LogP contribution >= 0.6 is 0 Å². The van der Waals surface area contributed by atoms with Gasteiger partial charge in [0.25, 0.3) is 0 Å². The standard InChI is InChI=1S/C44H28N2/c1-4-12-31-26(9-1)23-39-33(31)19-20-35-34-14-6-8-16-42(34)46(44(35)39)30-18-17-28-22-38-37(36(28)25-30)21-27-10-2-5-13-32(27)43(38)41-24-29-11-3-7-15-40(29)45-41/h1-21,25H,22-24H2. The molecule has 0 amide bonds. The topological polar surface area (TPSA) is 17.3 Å². The molecule has 2 heterocycles. The first-order valence-electron chi connectivity index (χ1n) is 16.3. The van der Waals surface area contributed by atoms with Gasteiger partial charge in [-0.2, -0.15) is 0 Å². The molecule has 0 bridgehead atoms. The van der Waals surface area contributed by atoms with Crippen molar-refractivity contribution in [2.75, 3.05) is 0 Å². The highest BCUT2D eigenvalue weighted by Crippen LogP contribution is 2.47. The zero-order chi connectivity index (χ0) is 29.9. The Hall–Kier alpha value is -5.73. The van der Waals surface area contributed by atoms with Crippen LogP contribution in [0.15, 0.2) is 138 Å². The van der Waals surface area contributed by atoms with Gasteiger partial charge in [-0.3, -0.25) is 4.99 Å². The van der Waals surface area contributed by atoms with Crippen LogP contribution in [0.1, 0.15) is 33.4 Å². The number of hydrogen-bond donors (Lipinski definition) is 0. The molecule has 0 atom stereocenters. The second-order valence-electron chi connectivity index (χ2n) is 13.1. The van der Waals surface area contributed by atoms with Crippen LogP contribution in [0, 0.1) is 0 Å². The fraction of sp³-hybridized carbons (Fsp3) is 0.0682. The van der Waals surface area contributed by atoms with Crippen molar-refractivity contribution in [1.82, 2.24) is 4.57 Å². The molecule has 11 rings (SSSR count). The first-order chi connectivity index (χ1) is 22.8. The van der Waals surface area contributed by atoms with Crippen LogP contribution < -0.4 is 0 Å². The highest BCUT2D eigenvalue weighted by atomic mass is 15.0. The lowest BCUT2D eigenvalue weighted by Crippen LogP contribution is -2.06. The van der Waals surface area contributed by atoms with Crippen molar-refractivity contribution >= 4 is 44.0 Å². The molecule has 2 nitrogen and oxygen atoms in total. The van der Waals surface area contributed by atoms with Gasteiger partial charge < -0.3 is 4.57 Å². The first kappa shape index (κ1) is 24.6. The average Bonchev–Trinajstić information content (AvgIpc) is 3.87. The number of benzene rings is 7. The summed E-state index contributed by atoms with van der Waals surface area (Å²) in [4.78, 5) is 5.20. The number of rotatable bonds is 2. The van der Waals surface area contributed by atoms with E-state index in [1.54, 1.807) is 0 Å². The van der Waals surface area contributed by atoms with Crippen LogP contribution in [0.25, 0.3) is 60.5 Å². The Kier molecular flexibility index (Phi) is 4.77. The normalized spacial score (nSPS) is 14.0. The molecule has 0 N–H and O–H groups in total. The van der Waals surface area contributed by atoms with Crippen LogP contribution in [0.3, 0.4) is 0 Å². The molecule has 8 aromatic rings. The SMILES string of the molecule is c1ccc2c(c1)CC(c1c3c(cc4ccccc14)-c1cc(-n4c5ccccc5c5ccc6c(c54)Cc4ccccc4-6)ccc1C3)=N2. The minimum atomic E-state index is 0.882. The molecular weight excluding hydrogens is 556 g/mol. The van der Waals surface area contributed by atoms with Gasteiger partial charge in [-0.05, 0) is 97.6 Å². The van der Waals surface area contributed by atoms with Crippen LogP contribution in [0.5, 0.6) is 0 Å². The highest BCUT2D eigenvalue weighted by molar-refractivity contribution is 6.18. The Bertz CT molecular complexity index is 2670. The van der Waals surface area contributed by atoms with Gasteiger partial charge in [0.2, 0.25) is 0 Å². The summed E-state index contributed by atoms with van der Waals surface area (Å²) in [5.74, 6) is 0. The predicted molar refractivity (Wildman–Crippen MR) is 191 cm³/mol. The molecule has 0 spiro atoms. The lowest BCUT2D eigenvalue weighted by molar-refractivity contribution is 1.15. The van der Waals surface area contributed by atoms with Gasteiger partial charge in [-0.25, -0.2) is 0 Å². The van der Waals surface area contributed by atoms with Crippen molar-refractivity contribution in [1.29, 1.82) is 0 Å². The minimum Gasteiger partial charge on any atom is -0.309 e. The summed E-state index contributed by atoms with van der Waals surface area (Å²) >= 11 is 0. The monoisotopic (exact) mass is 584 g/mol. The largest absolute Gasteiger partial charge is 0.309 e. The van der Waals surface area contributed by atoms with Crippen molar-refractivity contribution in [3.05, 3.63) is 167 Å². The van der Waals surface area contributed by atoms with Gasteiger partial charge in [-0.15, -0.1) is 0 Å². The molecule has 0 unspecified atom stereocenters. The molecule has 2 heteroatoms. The summed E-state index contributed by atoms with van der Waals surface area (Å²) < 4.78 is 2.54. The first-order valence-corrected chi connectivity index (χ1v) is 16.3. The second-order valence-corrected chi connectivity index (χ2v) is 13.1. The van der Waals surface area contributed by atoms with Crippen LogP contribution in [0.4, 0.5) is 5.69 Å². The van der Waals surface area contributed by atoms with E-state index in [-0.39, 0.29) is 0 Å². The Morgan fingerprint density at radius 2 is 1.24 bits per heavy atom. The predicted octanol–water partition coefficient (Wildman–Crippen LogP) is 10.8. The fourth-order valence-corrected chi connectivity index (χ4v) is 8.67. The Labute approximate surface area is 266 Å². The Balaban J connectivity index is 1.15. The van der Waals surface area contributed by atoms with Crippen molar-refractivity contribution in [2.24, 2.45) is 4.99 Å². The molecule has 3 aliphatic rings. The van der Waals surface area contributed by atoms with E-state index in [4.69, 9.17) is 4.99 Å². The van der Waals surface area contributed by atoms with Crippen molar-refractivity contribution in [3.8, 4) is 27.9 Å². The third-order valence-corrected chi connectivity index (χ3v) is 10.7. The smallest absolute Gasteiger partial charge is 0.0669 e. The molecule has 0 saturated carbocycles. The van der Waals surface area contributed by atoms with E-state index in [1.165, 1.54) is 99.6 Å². The maximum Gasteiger partial charge on any atom is 0.0669 e. The summed E-state index contributed by atoms with van der Waals surface area (Å²) in [6.45, 7) is 0. The molecule has 0 fully saturated rings. The van der Waals surface area contributed by atoms with E-state index < -0.39 is 0 Å². The molecule has 7 aromatic carbocycles. The van der Waals surface area contributed by atoms with Crippen molar-refractivity contribution in [3.63, 3.8) is 0 Å². The Morgan fingerprint density at radius 1 is 0.478 bits per heavy atom. The van der Waals surface area contributed by atoms with E-state index >= 15 is 0 Å². The number of nitrogens with zero attached hydrogens (tertiary/aromatic N) is 2. The van der Waals surface area contributed by atoms with Gasteiger partial charge >= 0.3 is 0 Å². The number of hydrogen-bond acceptors (Lipinski definition) is 1. The number of fused-ring (bicyclic) bond motifs is 12. The molecular formula is C44H28N2. The van der Waals surface area contributed by atoms with Gasteiger partial charge in [0, 0.05) is 34.9 Å². The molecule has 46 heavy (non-hydrogen) atoms. The van der Waals surface area contributed by atoms with E-state index in [2.05, 4.69) is 138 Å². The second kappa shape index (κ2) is 8.93. The number of aliphatic imine (C=N–C) groups is 1. The molecule has 0 saturated heterocycles. The van der Waals surface area contributed by atoms with Crippen molar-refractivity contribution < 1.29 is 0 Å². The van der Waals surface area contributed by atoms with E-state index in [0.717, 1.165) is 24.9 Å². The van der Waals surface area contributed by atoms with Gasteiger partial charge in [0.15, 0.2) is 0 Å². The molecule has 1 aliphatic heterocycles. The van der Waals surface area contributed by atoms with Crippen LogP contribution in [0.2, 0.25) is 0 Å². The Morgan fingerprint density at radius 3 is 2.17 bits per heavy atom. The van der Waals surface area contributed by atoms with Gasteiger partial charge in [0.1, 0.15) is 0 Å². The number of aromatic nitrogens is 1. The molecule has 214 valence electrons. The van der Waals surface area contributed by atoms with E-state index in [1.807, 2.05) is 0 Å². The third kappa shape index (κ3) is 3.23. The summed E-state index contributed by atoms with van der Waals surface area (Å²) in [5.41, 5.74) is 19.9. The summed E-state index contributed by atoms with van der Waals surface area (Å²) in [6.07, 6.45) is 2.78. The lowest BCUT2D eigenvalue weighted by atomic mass is 9.90. The summed E-state index contributed by atoms with van der Waals surface area (Å²) in [7, 11) is 0. The number of para-hydroxylation sites is 2. The van der Waals surface area contributed by atoms with Crippen LogP contribution in [-0.2, 0) is 19.3 Å². The molecule has 2 aliphatic carbocycles. The minimum absolute atomic E-state index is 0.882. The third-order valence-electron chi connectivity index (χ3n) is 10.7. The summed E-state index contributed by atoms with van der Waals surface area (Å²) in [5, 5.41) is 5.22. The fourth-order valence-electron chi connectivity index (χ4n) is 8.67. The average molecular weight is 585 g/mol. The van der Waals surface area contributed by atoms with Gasteiger partial charge in [0.05, 0.1) is 22.4 Å². The van der Waals surface area contributed by atoms with Gasteiger partial charge in [-0.1, -0.05) is 103 Å². The maximum absolute atomic E-state index is 5.20.